The topological polar surface area (TPSA) is 267 Å². The molecule has 0 radical (unpaired) electrons. The summed E-state index contributed by atoms with van der Waals surface area (Å²) in [6.45, 7) is 4.51. The second kappa shape index (κ2) is 16.7. The van der Waals surface area contributed by atoms with Gasteiger partial charge < -0.3 is 46.7 Å². The molecule has 0 unspecified atom stereocenters. The number of halogens is 3. The van der Waals surface area contributed by atoms with E-state index >= 15 is 0 Å². The summed E-state index contributed by atoms with van der Waals surface area (Å²) in [7, 11) is 0. The SMILES string of the molecule is CC[C@H](C)[C@H](N)C(=O)N[C@@H](CCC(=O)O)C(=O)N[C@H](C(=O)N[C@@H](CC(=O)O)C(=O)Nc1ccc2c(C(F)(F)F)cc(=O)oc2c1)[C@@H](C)O. The molecule has 0 saturated carbocycles. The van der Waals surface area contributed by atoms with Crippen LogP contribution in [0.3, 0.4) is 0 Å². The van der Waals surface area contributed by atoms with Gasteiger partial charge in [-0.15, -0.1) is 0 Å². The van der Waals surface area contributed by atoms with E-state index in [4.69, 9.17) is 15.3 Å². The van der Waals surface area contributed by atoms with Crippen LogP contribution in [0.25, 0.3) is 11.0 Å². The fourth-order valence-corrected chi connectivity index (χ4v) is 4.33. The minimum Gasteiger partial charge on any atom is -0.481 e. The lowest BCUT2D eigenvalue weighted by molar-refractivity contribution is -0.141. The Balaban J connectivity index is 2.29. The minimum absolute atomic E-state index is 0.243. The lowest BCUT2D eigenvalue weighted by Gasteiger charge is -2.27. The predicted octanol–water partition coefficient (Wildman–Crippen LogP) is 0.298. The molecular weight excluding hydrogens is 651 g/mol. The number of nitrogens with two attached hydrogens (primary N) is 1. The third-order valence-corrected chi connectivity index (χ3v) is 7.23. The highest BCUT2D eigenvalue weighted by molar-refractivity contribution is 6.01. The molecule has 1 aromatic carbocycles. The zero-order valence-electron chi connectivity index (χ0n) is 25.9. The molecule has 0 saturated heterocycles. The lowest BCUT2D eigenvalue weighted by Crippen LogP contribution is -2.60. The molecule has 1 heterocycles. The van der Waals surface area contributed by atoms with Crippen molar-refractivity contribution >= 4 is 52.2 Å². The number of fused-ring (bicyclic) bond motifs is 1. The van der Waals surface area contributed by atoms with Crippen LogP contribution in [0.2, 0.25) is 0 Å². The van der Waals surface area contributed by atoms with Gasteiger partial charge in [-0.2, -0.15) is 13.2 Å². The largest absolute Gasteiger partial charge is 0.481 e. The van der Waals surface area contributed by atoms with Gasteiger partial charge in [0, 0.05) is 29.6 Å². The smallest absolute Gasteiger partial charge is 0.417 e. The van der Waals surface area contributed by atoms with Crippen molar-refractivity contribution in [1.82, 2.24) is 16.0 Å². The molecule has 0 aliphatic rings. The third kappa shape index (κ3) is 11.0. The van der Waals surface area contributed by atoms with Gasteiger partial charge in [-0.3, -0.25) is 28.8 Å². The number of carboxylic acid groups (broad SMARTS) is 2. The molecule has 19 heteroatoms. The Morgan fingerprint density at radius 2 is 1.52 bits per heavy atom. The second-order valence-electron chi connectivity index (χ2n) is 11.0. The number of rotatable bonds is 16. The summed E-state index contributed by atoms with van der Waals surface area (Å²) in [5.74, 6) is -7.55. The number of hydrogen-bond acceptors (Lipinski definition) is 10. The van der Waals surface area contributed by atoms with Gasteiger partial charge in [-0.05, 0) is 31.4 Å². The van der Waals surface area contributed by atoms with Gasteiger partial charge in [0.25, 0.3) is 0 Å². The Kier molecular flexibility index (Phi) is 13.6. The standard InChI is InChI=1S/C29H36F3N5O11/c1-4-12(2)23(33)27(46)35-17(7-8-20(39)40)25(44)37-24(13(3)38)28(47)36-18(11-21(41)42)26(45)34-14-5-6-15-16(29(30,31)32)10-22(43)48-19(15)9-14/h5-6,9-10,12-13,17-18,23-24,38H,4,7-8,11,33H2,1-3H3,(H,34,45)(H,35,46)(H,36,47)(H,37,44)(H,39,40)(H,41,42)/t12-,13+,17-,18-,23-,24-/m0/s1. The first-order valence-electron chi connectivity index (χ1n) is 14.5. The van der Waals surface area contributed by atoms with Gasteiger partial charge >= 0.3 is 23.7 Å². The van der Waals surface area contributed by atoms with Gasteiger partial charge in [0.15, 0.2) is 0 Å². The van der Waals surface area contributed by atoms with E-state index in [1.165, 1.54) is 0 Å². The number of hydrogen-bond donors (Lipinski definition) is 8. The van der Waals surface area contributed by atoms with Gasteiger partial charge in [0.2, 0.25) is 23.6 Å². The lowest BCUT2D eigenvalue weighted by atomic mass is 9.98. The summed E-state index contributed by atoms with van der Waals surface area (Å²) >= 11 is 0. The van der Waals surface area contributed by atoms with E-state index in [0.717, 1.165) is 25.1 Å². The summed E-state index contributed by atoms with van der Waals surface area (Å²) in [6, 6.07) is -3.30. The van der Waals surface area contributed by atoms with Crippen molar-refractivity contribution in [3.63, 3.8) is 0 Å². The van der Waals surface area contributed by atoms with E-state index in [2.05, 4.69) is 21.3 Å². The van der Waals surface area contributed by atoms with E-state index in [0.29, 0.717) is 6.42 Å². The first-order chi connectivity index (χ1) is 22.2. The maximum absolute atomic E-state index is 13.4. The number of aliphatic carboxylic acids is 2. The van der Waals surface area contributed by atoms with Crippen LogP contribution in [0.5, 0.6) is 0 Å². The Labute approximate surface area is 270 Å². The first-order valence-corrected chi connectivity index (χ1v) is 14.5. The van der Waals surface area contributed by atoms with Crippen molar-refractivity contribution < 1.29 is 61.7 Å². The Morgan fingerprint density at radius 3 is 2.06 bits per heavy atom. The fourth-order valence-electron chi connectivity index (χ4n) is 4.33. The summed E-state index contributed by atoms with van der Waals surface area (Å²) in [6.07, 6.45) is -8.13. The highest BCUT2D eigenvalue weighted by Crippen LogP contribution is 2.34. The first kappa shape index (κ1) is 39.1. The molecule has 16 nitrogen and oxygen atoms in total. The van der Waals surface area contributed by atoms with Gasteiger partial charge in [-0.25, -0.2) is 4.79 Å². The van der Waals surface area contributed by atoms with Crippen LogP contribution in [-0.4, -0.2) is 81.2 Å². The molecule has 2 aromatic rings. The zero-order chi connectivity index (χ0) is 36.5. The van der Waals surface area contributed by atoms with Crippen molar-refractivity contribution in [1.29, 1.82) is 0 Å². The molecule has 0 aliphatic carbocycles. The number of carboxylic acids is 2. The molecular formula is C29H36F3N5O11. The molecule has 9 N–H and O–H groups in total. The van der Waals surface area contributed by atoms with Crippen LogP contribution in [0.4, 0.5) is 18.9 Å². The van der Waals surface area contributed by atoms with Crippen molar-refractivity contribution in [3.05, 3.63) is 40.2 Å². The number of carbonyl (C=O) groups excluding carboxylic acids is 4. The zero-order valence-corrected chi connectivity index (χ0v) is 25.9. The van der Waals surface area contributed by atoms with Crippen molar-refractivity contribution in [2.24, 2.45) is 11.7 Å². The van der Waals surface area contributed by atoms with Crippen LogP contribution >= 0.6 is 0 Å². The van der Waals surface area contributed by atoms with E-state index in [1.807, 2.05) is 0 Å². The van der Waals surface area contributed by atoms with Crippen LogP contribution in [-0.2, 0) is 34.9 Å². The Morgan fingerprint density at radius 1 is 0.896 bits per heavy atom. The number of aliphatic hydroxyl groups is 1. The van der Waals surface area contributed by atoms with Gasteiger partial charge in [-0.1, -0.05) is 20.3 Å². The van der Waals surface area contributed by atoms with E-state index in [9.17, 15) is 56.9 Å². The fraction of sp³-hybridized carbons (Fsp3) is 0.483. The highest BCUT2D eigenvalue weighted by Gasteiger charge is 2.35. The number of nitrogens with one attached hydrogen (secondary N) is 4. The van der Waals surface area contributed by atoms with E-state index in [1.54, 1.807) is 13.8 Å². The number of aliphatic hydroxyl groups excluding tert-OH is 1. The molecule has 0 fully saturated rings. The molecule has 6 atom stereocenters. The molecule has 264 valence electrons. The number of alkyl halides is 3. The maximum Gasteiger partial charge on any atom is 0.417 e. The molecule has 1 aromatic heterocycles. The molecule has 2 rings (SSSR count). The van der Waals surface area contributed by atoms with Crippen LogP contribution in [0.15, 0.2) is 33.5 Å². The molecule has 0 aliphatic heterocycles. The van der Waals surface area contributed by atoms with Gasteiger partial charge in [0.1, 0.15) is 23.7 Å². The second-order valence-corrected chi connectivity index (χ2v) is 11.0. The average molecular weight is 688 g/mol. The predicted molar refractivity (Wildman–Crippen MR) is 160 cm³/mol. The Hall–Kier alpha value is -5.04. The summed E-state index contributed by atoms with van der Waals surface area (Å²) < 4.78 is 44.9. The Bertz CT molecular complexity index is 1590. The molecule has 48 heavy (non-hydrogen) atoms. The summed E-state index contributed by atoms with van der Waals surface area (Å²) in [5, 5.41) is 36.9. The number of benzene rings is 1. The van der Waals surface area contributed by atoms with Crippen LogP contribution in [0, 0.1) is 5.92 Å². The van der Waals surface area contributed by atoms with Crippen LogP contribution < -0.4 is 32.6 Å². The van der Waals surface area contributed by atoms with Crippen LogP contribution in [0.1, 0.15) is 52.0 Å². The van der Waals surface area contributed by atoms with E-state index < -0.39 is 113 Å². The normalized spacial score (nSPS) is 15.2. The summed E-state index contributed by atoms with van der Waals surface area (Å²) in [4.78, 5) is 86.2. The third-order valence-electron chi connectivity index (χ3n) is 7.23. The number of anilines is 1. The molecule has 0 spiro atoms. The molecule has 4 amide bonds. The van der Waals surface area contributed by atoms with Crippen molar-refractivity contribution in [2.45, 2.75) is 82.9 Å². The van der Waals surface area contributed by atoms with Gasteiger partial charge in [0.05, 0.1) is 24.1 Å². The minimum atomic E-state index is -4.91. The van der Waals surface area contributed by atoms with E-state index in [-0.39, 0.29) is 17.7 Å². The number of carbonyl (C=O) groups is 6. The molecule has 0 bridgehead atoms. The maximum atomic E-state index is 13.4. The van der Waals surface area contributed by atoms with Crippen molar-refractivity contribution in [2.75, 3.05) is 5.32 Å². The highest BCUT2D eigenvalue weighted by atomic mass is 19.4. The average Bonchev–Trinajstić information content (AvgIpc) is 2.98. The summed E-state index contributed by atoms with van der Waals surface area (Å²) in [5.41, 5.74) is 2.47. The van der Waals surface area contributed by atoms with Crippen molar-refractivity contribution in [3.8, 4) is 0 Å². The quantitative estimate of drug-likeness (QED) is 0.111. The monoisotopic (exact) mass is 687 g/mol. The number of amides is 4.